The van der Waals surface area contributed by atoms with Crippen LogP contribution in [-0.2, 0) is 5.75 Å². The van der Waals surface area contributed by atoms with Crippen molar-refractivity contribution >= 4 is 33.4 Å². The maximum atomic E-state index is 12.9. The lowest BCUT2D eigenvalue weighted by Crippen LogP contribution is -1.95. The molecule has 0 heterocycles. The van der Waals surface area contributed by atoms with Gasteiger partial charge >= 0.3 is 0 Å². The highest BCUT2D eigenvalue weighted by atomic mass is 79.9. The fourth-order valence-corrected chi connectivity index (χ4v) is 1.84. The van der Waals surface area contributed by atoms with Gasteiger partial charge in [0.05, 0.1) is 10.2 Å². The molecule has 1 nitrogen and oxygen atoms in total. The lowest BCUT2D eigenvalue weighted by molar-refractivity contribution is 0.621. The van der Waals surface area contributed by atoms with Crippen LogP contribution in [0.1, 0.15) is 5.56 Å². The minimum atomic E-state index is -0.308. The van der Waals surface area contributed by atoms with Crippen molar-refractivity contribution < 1.29 is 4.39 Å². The zero-order chi connectivity index (χ0) is 9.14. The SMILES string of the molecule is CSCc1ccc(F)c(Br)c1N. The van der Waals surface area contributed by atoms with Crippen molar-refractivity contribution in [2.75, 3.05) is 12.0 Å². The second-order valence-electron chi connectivity index (χ2n) is 2.37. The smallest absolute Gasteiger partial charge is 0.139 e. The summed E-state index contributed by atoms with van der Waals surface area (Å²) in [6.45, 7) is 0. The second-order valence-corrected chi connectivity index (χ2v) is 4.03. The Morgan fingerprint density at radius 3 is 2.83 bits per heavy atom. The molecule has 0 aromatic heterocycles. The Balaban J connectivity index is 3.08. The molecule has 0 aliphatic heterocycles. The highest BCUT2D eigenvalue weighted by Gasteiger charge is 2.06. The summed E-state index contributed by atoms with van der Waals surface area (Å²) in [5.74, 6) is 0.502. The molecule has 0 aliphatic rings. The van der Waals surface area contributed by atoms with Gasteiger partial charge in [0.15, 0.2) is 0 Å². The fraction of sp³-hybridized carbons (Fsp3) is 0.250. The highest BCUT2D eigenvalue weighted by molar-refractivity contribution is 9.10. The summed E-state index contributed by atoms with van der Waals surface area (Å²) in [5, 5.41) is 0. The molecule has 1 aromatic carbocycles. The van der Waals surface area contributed by atoms with Crippen LogP contribution in [0.5, 0.6) is 0 Å². The van der Waals surface area contributed by atoms with Crippen LogP contribution < -0.4 is 5.73 Å². The number of thioether (sulfide) groups is 1. The predicted molar refractivity (Wildman–Crippen MR) is 55.7 cm³/mol. The minimum Gasteiger partial charge on any atom is -0.397 e. The summed E-state index contributed by atoms with van der Waals surface area (Å²) in [5.41, 5.74) is 7.14. The van der Waals surface area contributed by atoms with E-state index < -0.39 is 0 Å². The summed E-state index contributed by atoms with van der Waals surface area (Å²) in [6, 6.07) is 3.14. The fourth-order valence-electron chi connectivity index (χ4n) is 0.888. The van der Waals surface area contributed by atoms with Gasteiger partial charge in [0.1, 0.15) is 5.82 Å². The number of nitrogen functional groups attached to an aromatic ring is 1. The third-order valence-corrected chi connectivity index (χ3v) is 2.93. The van der Waals surface area contributed by atoms with Crippen LogP contribution in [0.4, 0.5) is 10.1 Å². The first-order chi connectivity index (χ1) is 5.66. The monoisotopic (exact) mass is 249 g/mol. The van der Waals surface area contributed by atoms with E-state index in [4.69, 9.17) is 5.73 Å². The van der Waals surface area contributed by atoms with Crippen molar-refractivity contribution in [3.05, 3.63) is 28.0 Å². The van der Waals surface area contributed by atoms with Crippen LogP contribution in [0, 0.1) is 5.82 Å². The van der Waals surface area contributed by atoms with E-state index in [1.54, 1.807) is 17.8 Å². The Morgan fingerprint density at radius 2 is 2.25 bits per heavy atom. The lowest BCUT2D eigenvalue weighted by atomic mass is 10.2. The van der Waals surface area contributed by atoms with Gasteiger partial charge in [-0.05, 0) is 33.8 Å². The van der Waals surface area contributed by atoms with Gasteiger partial charge < -0.3 is 5.73 Å². The Bertz CT molecular complexity index is 291. The second kappa shape index (κ2) is 4.14. The average Bonchev–Trinajstić information content (AvgIpc) is 2.07. The molecule has 0 saturated carbocycles. The maximum absolute atomic E-state index is 12.9. The van der Waals surface area contributed by atoms with E-state index in [1.165, 1.54) is 6.07 Å². The standard InChI is InChI=1S/C8H9BrFNS/c1-12-4-5-2-3-6(10)7(9)8(5)11/h2-3H,4,11H2,1H3. The number of halogens is 2. The Labute approximate surface area is 83.7 Å². The molecular weight excluding hydrogens is 241 g/mol. The summed E-state index contributed by atoms with van der Waals surface area (Å²) in [4.78, 5) is 0. The summed E-state index contributed by atoms with van der Waals surface area (Å²) in [6.07, 6.45) is 1.98. The van der Waals surface area contributed by atoms with Gasteiger partial charge in [-0.2, -0.15) is 11.8 Å². The normalized spacial score (nSPS) is 10.2. The molecule has 0 spiro atoms. The molecule has 0 fully saturated rings. The molecule has 4 heteroatoms. The third kappa shape index (κ3) is 1.93. The van der Waals surface area contributed by atoms with E-state index in [9.17, 15) is 4.39 Å². The van der Waals surface area contributed by atoms with E-state index in [0.29, 0.717) is 10.2 Å². The first-order valence-corrected chi connectivity index (χ1v) is 5.56. The molecule has 0 unspecified atom stereocenters. The van der Waals surface area contributed by atoms with Crippen molar-refractivity contribution in [2.24, 2.45) is 0 Å². The average molecular weight is 250 g/mol. The first-order valence-electron chi connectivity index (χ1n) is 3.38. The first kappa shape index (κ1) is 9.86. The van der Waals surface area contributed by atoms with Crippen LogP contribution in [0.3, 0.4) is 0 Å². The topological polar surface area (TPSA) is 26.0 Å². The van der Waals surface area contributed by atoms with Crippen LogP contribution in [0.15, 0.2) is 16.6 Å². The molecule has 0 radical (unpaired) electrons. The van der Waals surface area contributed by atoms with Crippen molar-refractivity contribution in [1.82, 2.24) is 0 Å². The van der Waals surface area contributed by atoms with Gasteiger partial charge in [-0.15, -0.1) is 0 Å². The van der Waals surface area contributed by atoms with E-state index in [2.05, 4.69) is 15.9 Å². The van der Waals surface area contributed by atoms with E-state index in [0.717, 1.165) is 11.3 Å². The minimum absolute atomic E-state index is 0.308. The molecule has 2 N–H and O–H groups in total. The van der Waals surface area contributed by atoms with Crippen molar-refractivity contribution in [3.8, 4) is 0 Å². The van der Waals surface area contributed by atoms with Gasteiger partial charge in [-0.3, -0.25) is 0 Å². The molecule has 0 atom stereocenters. The van der Waals surface area contributed by atoms with E-state index >= 15 is 0 Å². The van der Waals surface area contributed by atoms with Crippen LogP contribution in [0.25, 0.3) is 0 Å². The Morgan fingerprint density at radius 1 is 1.58 bits per heavy atom. The number of anilines is 1. The van der Waals surface area contributed by atoms with Crippen molar-refractivity contribution in [2.45, 2.75) is 5.75 Å². The molecule has 0 bridgehead atoms. The number of nitrogens with two attached hydrogens (primary N) is 1. The lowest BCUT2D eigenvalue weighted by Gasteiger charge is -2.05. The summed E-state index contributed by atoms with van der Waals surface area (Å²) >= 11 is 4.75. The zero-order valence-electron chi connectivity index (χ0n) is 6.60. The number of hydrogen-bond donors (Lipinski definition) is 1. The molecule has 0 amide bonds. The van der Waals surface area contributed by atoms with Gasteiger partial charge in [0.2, 0.25) is 0 Å². The van der Waals surface area contributed by atoms with Gasteiger partial charge in [-0.1, -0.05) is 6.07 Å². The highest BCUT2D eigenvalue weighted by Crippen LogP contribution is 2.28. The molecule has 0 saturated heterocycles. The molecule has 1 aromatic rings. The third-order valence-electron chi connectivity index (χ3n) is 1.52. The summed E-state index contributed by atoms with van der Waals surface area (Å²) in [7, 11) is 0. The van der Waals surface area contributed by atoms with Crippen molar-refractivity contribution in [1.29, 1.82) is 0 Å². The molecule has 66 valence electrons. The van der Waals surface area contributed by atoms with E-state index in [1.807, 2.05) is 6.26 Å². The zero-order valence-corrected chi connectivity index (χ0v) is 9.01. The Kier molecular flexibility index (Phi) is 3.40. The van der Waals surface area contributed by atoms with Crippen LogP contribution in [-0.4, -0.2) is 6.26 Å². The van der Waals surface area contributed by atoms with Gasteiger partial charge in [0.25, 0.3) is 0 Å². The van der Waals surface area contributed by atoms with Gasteiger partial charge in [-0.25, -0.2) is 4.39 Å². The number of benzene rings is 1. The summed E-state index contributed by atoms with van der Waals surface area (Å²) < 4.78 is 13.2. The molecular formula is C8H9BrFNS. The van der Waals surface area contributed by atoms with Gasteiger partial charge in [0, 0.05) is 5.75 Å². The van der Waals surface area contributed by atoms with E-state index in [-0.39, 0.29) is 5.82 Å². The van der Waals surface area contributed by atoms with Crippen LogP contribution >= 0.6 is 27.7 Å². The quantitative estimate of drug-likeness (QED) is 0.816. The Hall–Kier alpha value is -0.220. The van der Waals surface area contributed by atoms with Crippen LogP contribution in [0.2, 0.25) is 0 Å². The molecule has 0 aliphatic carbocycles. The molecule has 1 rings (SSSR count). The predicted octanol–water partition coefficient (Wildman–Crippen LogP) is 3.03. The molecule has 12 heavy (non-hydrogen) atoms. The number of hydrogen-bond acceptors (Lipinski definition) is 2. The maximum Gasteiger partial charge on any atom is 0.139 e. The largest absolute Gasteiger partial charge is 0.397 e. The van der Waals surface area contributed by atoms with Crippen molar-refractivity contribution in [3.63, 3.8) is 0 Å². The number of rotatable bonds is 2.